The van der Waals surface area contributed by atoms with Crippen molar-refractivity contribution in [3.05, 3.63) is 29.8 Å². The predicted molar refractivity (Wildman–Crippen MR) is 64.0 cm³/mol. The Morgan fingerprint density at radius 1 is 1.00 bits per heavy atom. The van der Waals surface area contributed by atoms with Crippen LogP contribution >= 0.6 is 0 Å². The molecule has 2 nitrogen and oxygen atoms in total. The van der Waals surface area contributed by atoms with Crippen LogP contribution in [0.5, 0.6) is 5.75 Å². The van der Waals surface area contributed by atoms with Gasteiger partial charge in [0.05, 0.1) is 0 Å². The lowest BCUT2D eigenvalue weighted by Crippen LogP contribution is -2.39. The van der Waals surface area contributed by atoms with Crippen LogP contribution in [-0.4, -0.2) is 5.72 Å². The van der Waals surface area contributed by atoms with E-state index in [4.69, 9.17) is 10.5 Å². The maximum absolute atomic E-state index is 5.86. The second-order valence-corrected chi connectivity index (χ2v) is 5.45. The van der Waals surface area contributed by atoms with Gasteiger partial charge in [0.25, 0.3) is 0 Å². The molecular weight excluding hydrogens is 186 g/mol. The molecule has 0 saturated heterocycles. The van der Waals surface area contributed by atoms with Gasteiger partial charge in [0.15, 0.2) is 5.72 Å². The van der Waals surface area contributed by atoms with Crippen LogP contribution in [0.4, 0.5) is 0 Å². The zero-order valence-electron chi connectivity index (χ0n) is 10.3. The van der Waals surface area contributed by atoms with Gasteiger partial charge in [-0.15, -0.1) is 0 Å². The maximum atomic E-state index is 5.86. The first kappa shape index (κ1) is 12.1. The third kappa shape index (κ3) is 3.56. The number of ether oxygens (including phenoxy) is 1. The van der Waals surface area contributed by atoms with Crippen molar-refractivity contribution in [2.24, 2.45) is 5.73 Å². The summed E-state index contributed by atoms with van der Waals surface area (Å²) >= 11 is 0. The van der Waals surface area contributed by atoms with Gasteiger partial charge in [0.2, 0.25) is 0 Å². The Bertz CT molecular complexity index is 331. The van der Waals surface area contributed by atoms with Gasteiger partial charge in [-0.25, -0.2) is 0 Å². The van der Waals surface area contributed by atoms with Crippen LogP contribution in [-0.2, 0) is 5.41 Å². The van der Waals surface area contributed by atoms with Gasteiger partial charge >= 0.3 is 0 Å². The Morgan fingerprint density at radius 2 is 1.53 bits per heavy atom. The van der Waals surface area contributed by atoms with Crippen molar-refractivity contribution in [3.63, 3.8) is 0 Å². The van der Waals surface area contributed by atoms with Crippen molar-refractivity contribution >= 4 is 0 Å². The van der Waals surface area contributed by atoms with Crippen LogP contribution in [0.15, 0.2) is 24.3 Å². The van der Waals surface area contributed by atoms with Crippen LogP contribution < -0.4 is 10.5 Å². The largest absolute Gasteiger partial charge is 0.473 e. The van der Waals surface area contributed by atoms with E-state index in [-0.39, 0.29) is 5.41 Å². The number of nitrogens with two attached hydrogens (primary N) is 1. The van der Waals surface area contributed by atoms with Crippen LogP contribution in [0, 0.1) is 0 Å². The fraction of sp³-hybridized carbons (Fsp3) is 0.538. The van der Waals surface area contributed by atoms with Crippen LogP contribution in [0.1, 0.15) is 40.2 Å². The smallest absolute Gasteiger partial charge is 0.152 e. The third-order valence-corrected chi connectivity index (χ3v) is 2.07. The highest BCUT2D eigenvalue weighted by molar-refractivity contribution is 5.38. The minimum absolute atomic E-state index is 0.0713. The van der Waals surface area contributed by atoms with E-state index in [0.29, 0.717) is 0 Å². The van der Waals surface area contributed by atoms with E-state index < -0.39 is 5.72 Å². The van der Waals surface area contributed by atoms with E-state index in [2.05, 4.69) is 26.8 Å². The van der Waals surface area contributed by atoms with Crippen molar-refractivity contribution in [1.29, 1.82) is 0 Å². The fourth-order valence-electron chi connectivity index (χ4n) is 1.46. The SMILES string of the molecule is CC(C)(N)Oc1ccccc1C(C)(C)C. The predicted octanol–water partition coefficient (Wildman–Crippen LogP) is 3.06. The average Bonchev–Trinajstić information content (AvgIpc) is 1.99. The molecule has 84 valence electrons. The monoisotopic (exact) mass is 207 g/mol. The highest BCUT2D eigenvalue weighted by atomic mass is 16.5. The van der Waals surface area contributed by atoms with Crippen LogP contribution in [0.2, 0.25) is 0 Å². The van der Waals surface area contributed by atoms with Gasteiger partial charge in [-0.2, -0.15) is 0 Å². The first-order valence-corrected chi connectivity index (χ1v) is 5.27. The number of benzene rings is 1. The molecule has 15 heavy (non-hydrogen) atoms. The van der Waals surface area contributed by atoms with Gasteiger partial charge in [0, 0.05) is 0 Å². The van der Waals surface area contributed by atoms with Gasteiger partial charge in [0.1, 0.15) is 5.75 Å². The van der Waals surface area contributed by atoms with E-state index in [0.717, 1.165) is 5.75 Å². The summed E-state index contributed by atoms with van der Waals surface area (Å²) in [5.41, 5.74) is 6.47. The average molecular weight is 207 g/mol. The summed E-state index contributed by atoms with van der Waals surface area (Å²) in [4.78, 5) is 0. The molecule has 0 aromatic heterocycles. The first-order valence-electron chi connectivity index (χ1n) is 5.27. The second kappa shape index (κ2) is 3.86. The first-order chi connectivity index (χ1) is 6.70. The van der Waals surface area contributed by atoms with E-state index in [9.17, 15) is 0 Å². The minimum atomic E-state index is -0.638. The lowest BCUT2D eigenvalue weighted by atomic mass is 9.86. The molecule has 2 N–H and O–H groups in total. The van der Waals surface area contributed by atoms with Gasteiger partial charge < -0.3 is 4.74 Å². The maximum Gasteiger partial charge on any atom is 0.152 e. The molecule has 0 atom stereocenters. The molecule has 0 heterocycles. The quantitative estimate of drug-likeness (QED) is 0.756. The van der Waals surface area contributed by atoms with Crippen molar-refractivity contribution in [2.45, 2.75) is 45.8 Å². The summed E-state index contributed by atoms with van der Waals surface area (Å²) in [6.07, 6.45) is 0. The highest BCUT2D eigenvalue weighted by Gasteiger charge is 2.21. The molecule has 0 unspecified atom stereocenters. The Kier molecular flexibility index (Phi) is 3.10. The summed E-state index contributed by atoms with van der Waals surface area (Å²) in [5, 5.41) is 0. The lowest BCUT2D eigenvalue weighted by molar-refractivity contribution is 0.114. The lowest BCUT2D eigenvalue weighted by Gasteiger charge is -2.27. The summed E-state index contributed by atoms with van der Waals surface area (Å²) in [5.74, 6) is 0.873. The number of rotatable bonds is 2. The fourth-order valence-corrected chi connectivity index (χ4v) is 1.46. The number of hydrogen-bond donors (Lipinski definition) is 1. The number of hydrogen-bond acceptors (Lipinski definition) is 2. The highest BCUT2D eigenvalue weighted by Crippen LogP contribution is 2.32. The van der Waals surface area contributed by atoms with Gasteiger partial charge in [-0.1, -0.05) is 39.0 Å². The molecule has 1 rings (SSSR count). The van der Waals surface area contributed by atoms with Gasteiger partial charge in [-0.05, 0) is 30.9 Å². The minimum Gasteiger partial charge on any atom is -0.473 e. The van der Waals surface area contributed by atoms with E-state index in [1.54, 1.807) is 0 Å². The molecule has 0 spiro atoms. The molecule has 2 heteroatoms. The number of para-hydroxylation sites is 1. The van der Waals surface area contributed by atoms with Crippen LogP contribution in [0.25, 0.3) is 0 Å². The Hall–Kier alpha value is -1.02. The zero-order chi connectivity index (χ0) is 11.7. The van der Waals surface area contributed by atoms with Gasteiger partial charge in [-0.3, -0.25) is 5.73 Å². The molecule has 1 aromatic carbocycles. The van der Waals surface area contributed by atoms with Crippen molar-refractivity contribution in [1.82, 2.24) is 0 Å². The van der Waals surface area contributed by atoms with E-state index in [1.807, 2.05) is 32.0 Å². The van der Waals surface area contributed by atoms with Crippen molar-refractivity contribution in [2.75, 3.05) is 0 Å². The molecule has 1 aromatic rings. The summed E-state index contributed by atoms with van der Waals surface area (Å²) in [7, 11) is 0. The molecule has 0 bridgehead atoms. The van der Waals surface area contributed by atoms with Crippen LogP contribution in [0.3, 0.4) is 0 Å². The summed E-state index contributed by atoms with van der Waals surface area (Å²) in [6.45, 7) is 10.2. The van der Waals surface area contributed by atoms with E-state index >= 15 is 0 Å². The molecular formula is C13H21NO. The van der Waals surface area contributed by atoms with Crippen molar-refractivity contribution in [3.8, 4) is 5.75 Å². The van der Waals surface area contributed by atoms with E-state index in [1.165, 1.54) is 5.56 Å². The van der Waals surface area contributed by atoms with Crippen molar-refractivity contribution < 1.29 is 4.74 Å². The molecule has 0 saturated carbocycles. The molecule has 0 amide bonds. The zero-order valence-corrected chi connectivity index (χ0v) is 10.3. The third-order valence-electron chi connectivity index (χ3n) is 2.07. The normalized spacial score (nSPS) is 12.7. The second-order valence-electron chi connectivity index (χ2n) is 5.45. The topological polar surface area (TPSA) is 35.2 Å². The molecule has 0 aliphatic rings. The molecule has 0 fully saturated rings. The summed E-state index contributed by atoms with van der Waals surface area (Å²) in [6, 6.07) is 8.05. The Morgan fingerprint density at radius 3 is 2.00 bits per heavy atom. The molecule has 0 aliphatic heterocycles. The Balaban J connectivity index is 3.08. The molecule has 0 radical (unpaired) electrons. The Labute approximate surface area is 92.4 Å². The summed E-state index contributed by atoms with van der Waals surface area (Å²) < 4.78 is 5.74. The molecule has 0 aliphatic carbocycles. The standard InChI is InChI=1S/C13H21NO/c1-12(2,3)10-8-6-7-9-11(10)15-13(4,5)14/h6-9H,14H2,1-5H3.